The molecule has 1 N–H and O–H groups in total. The van der Waals surface area contributed by atoms with Gasteiger partial charge in [0.25, 0.3) is 0 Å². The third kappa shape index (κ3) is 2.20. The van der Waals surface area contributed by atoms with Crippen molar-refractivity contribution >= 4 is 33.6 Å². The molecule has 0 saturated heterocycles. The van der Waals surface area contributed by atoms with Crippen molar-refractivity contribution in [2.75, 3.05) is 0 Å². The zero-order valence-electron chi connectivity index (χ0n) is 11.7. The maximum absolute atomic E-state index is 12.9. The third-order valence-electron chi connectivity index (χ3n) is 3.67. The van der Waals surface area contributed by atoms with E-state index in [0.29, 0.717) is 0 Å². The van der Waals surface area contributed by atoms with Crippen LogP contribution in [0.4, 0.5) is 0 Å². The Bertz CT molecular complexity index is 1020. The molecule has 4 aromatic rings. The van der Waals surface area contributed by atoms with Gasteiger partial charge in [0, 0.05) is 20.7 Å². The molecule has 22 heavy (non-hydrogen) atoms. The van der Waals surface area contributed by atoms with Gasteiger partial charge in [0.05, 0.1) is 10.9 Å². The monoisotopic (exact) mass is 303 g/mol. The van der Waals surface area contributed by atoms with Crippen LogP contribution in [0.1, 0.15) is 0 Å². The Hall–Kier alpha value is -2.52. The maximum atomic E-state index is 12.9. The summed E-state index contributed by atoms with van der Waals surface area (Å²) in [5.41, 5.74) is 1.84. The van der Waals surface area contributed by atoms with Crippen LogP contribution in [0.15, 0.2) is 87.4 Å². The zero-order valence-corrected chi connectivity index (χ0v) is 12.6. The number of H-pyrrole nitrogens is 1. The van der Waals surface area contributed by atoms with E-state index in [9.17, 15) is 4.79 Å². The highest BCUT2D eigenvalue weighted by atomic mass is 32.2. The summed E-state index contributed by atoms with van der Waals surface area (Å²) in [5.74, 6) is 0. The van der Waals surface area contributed by atoms with Gasteiger partial charge in [0.2, 0.25) is 0 Å². The molecule has 0 amide bonds. The fraction of sp³-hybridized carbons (Fsp3) is 0. The average Bonchev–Trinajstić information content (AvgIpc) is 2.56. The standard InChI is InChI=1S/C19H13NOS/c21-19-14-9-4-5-10-15(14)20-16-11-6-12-17(18(16)19)22-13-7-2-1-3-8-13/h1-12H,(H,20,21). The fourth-order valence-corrected chi connectivity index (χ4v) is 3.64. The van der Waals surface area contributed by atoms with E-state index in [-0.39, 0.29) is 5.43 Å². The maximum Gasteiger partial charge on any atom is 0.198 e. The van der Waals surface area contributed by atoms with Gasteiger partial charge in [-0.1, -0.05) is 48.2 Å². The van der Waals surface area contributed by atoms with E-state index in [2.05, 4.69) is 17.1 Å². The Morgan fingerprint density at radius 2 is 1.45 bits per heavy atom. The normalized spacial score (nSPS) is 11.1. The Balaban J connectivity index is 2.00. The predicted octanol–water partition coefficient (Wildman–Crippen LogP) is 4.83. The third-order valence-corrected chi connectivity index (χ3v) is 4.73. The van der Waals surface area contributed by atoms with Crippen molar-refractivity contribution in [3.8, 4) is 0 Å². The number of para-hydroxylation sites is 1. The van der Waals surface area contributed by atoms with Gasteiger partial charge in [-0.2, -0.15) is 0 Å². The Kier molecular flexibility index (Phi) is 3.20. The molecule has 0 fully saturated rings. The van der Waals surface area contributed by atoms with Crippen LogP contribution in [0.5, 0.6) is 0 Å². The number of rotatable bonds is 2. The number of hydrogen-bond donors (Lipinski definition) is 1. The molecule has 0 atom stereocenters. The minimum absolute atomic E-state index is 0.0865. The van der Waals surface area contributed by atoms with Gasteiger partial charge in [-0.25, -0.2) is 0 Å². The molecule has 1 heterocycles. The van der Waals surface area contributed by atoms with E-state index >= 15 is 0 Å². The first-order valence-electron chi connectivity index (χ1n) is 7.09. The van der Waals surface area contributed by atoms with Crippen LogP contribution >= 0.6 is 11.8 Å². The van der Waals surface area contributed by atoms with E-state index in [1.165, 1.54) is 0 Å². The number of fused-ring (bicyclic) bond motifs is 2. The van der Waals surface area contributed by atoms with Crippen molar-refractivity contribution < 1.29 is 0 Å². The number of aromatic amines is 1. The van der Waals surface area contributed by atoms with Crippen molar-refractivity contribution in [1.82, 2.24) is 4.98 Å². The second-order valence-electron chi connectivity index (χ2n) is 5.09. The van der Waals surface area contributed by atoms with Crippen molar-refractivity contribution in [1.29, 1.82) is 0 Å². The molecule has 4 rings (SSSR count). The summed E-state index contributed by atoms with van der Waals surface area (Å²) < 4.78 is 0. The Labute approximate surface area is 131 Å². The first-order chi connectivity index (χ1) is 10.8. The lowest BCUT2D eigenvalue weighted by atomic mass is 10.1. The van der Waals surface area contributed by atoms with Gasteiger partial charge in [0.15, 0.2) is 5.43 Å². The molecule has 0 saturated carbocycles. The molecule has 0 aliphatic carbocycles. The first-order valence-corrected chi connectivity index (χ1v) is 7.91. The number of pyridine rings is 1. The van der Waals surface area contributed by atoms with Gasteiger partial charge >= 0.3 is 0 Å². The molecule has 3 heteroatoms. The fourth-order valence-electron chi connectivity index (χ4n) is 2.64. The first kappa shape index (κ1) is 13.2. The van der Waals surface area contributed by atoms with Gasteiger partial charge in [0.1, 0.15) is 0 Å². The topological polar surface area (TPSA) is 32.9 Å². The quantitative estimate of drug-likeness (QED) is 0.538. The molecule has 0 aliphatic heterocycles. The molecule has 2 nitrogen and oxygen atoms in total. The highest BCUT2D eigenvalue weighted by molar-refractivity contribution is 7.99. The van der Waals surface area contributed by atoms with Crippen LogP contribution in [0.2, 0.25) is 0 Å². The Morgan fingerprint density at radius 3 is 2.32 bits per heavy atom. The minimum atomic E-state index is 0.0865. The minimum Gasteiger partial charge on any atom is -0.354 e. The van der Waals surface area contributed by atoms with E-state index in [1.54, 1.807) is 11.8 Å². The van der Waals surface area contributed by atoms with Crippen molar-refractivity contribution in [2.45, 2.75) is 9.79 Å². The summed E-state index contributed by atoms with van der Waals surface area (Å²) >= 11 is 1.62. The van der Waals surface area contributed by atoms with Crippen molar-refractivity contribution in [3.63, 3.8) is 0 Å². The van der Waals surface area contributed by atoms with Crippen LogP contribution < -0.4 is 5.43 Å². The lowest BCUT2D eigenvalue weighted by Gasteiger charge is -2.07. The summed E-state index contributed by atoms with van der Waals surface area (Å²) in [7, 11) is 0. The molecule has 0 unspecified atom stereocenters. The van der Waals surface area contributed by atoms with Crippen LogP contribution in [-0.4, -0.2) is 4.98 Å². The second kappa shape index (κ2) is 5.35. The van der Waals surface area contributed by atoms with E-state index < -0.39 is 0 Å². The summed E-state index contributed by atoms with van der Waals surface area (Å²) in [5, 5.41) is 1.49. The predicted molar refractivity (Wildman–Crippen MR) is 92.6 cm³/mol. The SMILES string of the molecule is O=c1c2ccccc2[nH]c2cccc(Sc3ccccc3)c12. The average molecular weight is 303 g/mol. The lowest BCUT2D eigenvalue weighted by Crippen LogP contribution is -2.05. The molecule has 3 aromatic carbocycles. The number of nitrogens with one attached hydrogen (secondary N) is 1. The van der Waals surface area contributed by atoms with Crippen molar-refractivity contribution in [2.24, 2.45) is 0 Å². The number of benzene rings is 3. The van der Waals surface area contributed by atoms with Gasteiger partial charge in [-0.15, -0.1) is 0 Å². The second-order valence-corrected chi connectivity index (χ2v) is 6.21. The summed E-state index contributed by atoms with van der Waals surface area (Å²) in [6.45, 7) is 0. The molecule has 0 bridgehead atoms. The summed E-state index contributed by atoms with van der Waals surface area (Å²) in [6, 6.07) is 23.7. The van der Waals surface area contributed by atoms with Crippen molar-refractivity contribution in [3.05, 3.63) is 83.0 Å². The van der Waals surface area contributed by atoms with Gasteiger partial charge in [-0.05, 0) is 36.4 Å². The molecule has 1 aromatic heterocycles. The van der Waals surface area contributed by atoms with Crippen LogP contribution in [0.3, 0.4) is 0 Å². The summed E-state index contributed by atoms with van der Waals surface area (Å²) in [4.78, 5) is 18.3. The molecule has 0 spiro atoms. The van der Waals surface area contributed by atoms with E-state index in [1.807, 2.05) is 60.7 Å². The molecule has 0 radical (unpaired) electrons. The molecular weight excluding hydrogens is 290 g/mol. The smallest absolute Gasteiger partial charge is 0.198 e. The highest BCUT2D eigenvalue weighted by Crippen LogP contribution is 2.32. The summed E-state index contributed by atoms with van der Waals surface area (Å²) in [6.07, 6.45) is 0. The van der Waals surface area contributed by atoms with Gasteiger partial charge in [-0.3, -0.25) is 4.79 Å². The number of hydrogen-bond acceptors (Lipinski definition) is 2. The van der Waals surface area contributed by atoms with E-state index in [0.717, 1.165) is 31.6 Å². The van der Waals surface area contributed by atoms with Crippen LogP contribution in [0.25, 0.3) is 21.8 Å². The van der Waals surface area contributed by atoms with Gasteiger partial charge < -0.3 is 4.98 Å². The zero-order chi connectivity index (χ0) is 14.9. The molecule has 0 aliphatic rings. The van der Waals surface area contributed by atoms with Crippen LogP contribution in [-0.2, 0) is 0 Å². The lowest BCUT2D eigenvalue weighted by molar-refractivity contribution is 1.40. The largest absolute Gasteiger partial charge is 0.354 e. The van der Waals surface area contributed by atoms with Crippen LogP contribution in [0, 0.1) is 0 Å². The Morgan fingerprint density at radius 1 is 0.727 bits per heavy atom. The molecular formula is C19H13NOS. The molecule has 106 valence electrons. The number of aromatic nitrogens is 1. The van der Waals surface area contributed by atoms with E-state index in [4.69, 9.17) is 0 Å². The highest BCUT2D eigenvalue weighted by Gasteiger charge is 2.10.